The lowest BCUT2D eigenvalue weighted by Gasteiger charge is -2.19. The predicted octanol–water partition coefficient (Wildman–Crippen LogP) is 6.30. The van der Waals surface area contributed by atoms with Crippen LogP contribution in [0.2, 0.25) is 0 Å². The minimum absolute atomic E-state index is 0.268. The summed E-state index contributed by atoms with van der Waals surface area (Å²) >= 11 is 3.66. The molecule has 1 unspecified atom stereocenters. The van der Waals surface area contributed by atoms with Gasteiger partial charge in [-0.3, -0.25) is 0 Å². The van der Waals surface area contributed by atoms with Gasteiger partial charge in [-0.2, -0.15) is 13.9 Å². The monoisotopic (exact) mass is 523 g/mol. The molecule has 2 aromatic heterocycles. The number of rotatable bonds is 7. The summed E-state index contributed by atoms with van der Waals surface area (Å²) in [6, 6.07) is 11.0. The number of ether oxygens (including phenoxy) is 1. The quantitative estimate of drug-likeness (QED) is 0.276. The normalized spacial score (nSPS) is 12.3. The van der Waals surface area contributed by atoms with Crippen molar-refractivity contribution in [3.8, 4) is 16.9 Å². The Labute approximate surface area is 194 Å². The summed E-state index contributed by atoms with van der Waals surface area (Å²) in [6.07, 6.45) is 2.72. The van der Waals surface area contributed by atoms with Crippen molar-refractivity contribution >= 4 is 44.9 Å². The van der Waals surface area contributed by atoms with Crippen molar-refractivity contribution in [2.24, 2.45) is 0 Å². The maximum absolute atomic E-state index is 13.3. The van der Waals surface area contributed by atoms with Crippen LogP contribution >= 0.6 is 27.9 Å². The Kier molecular flexibility index (Phi) is 6.47. The lowest BCUT2D eigenvalue weighted by molar-refractivity contribution is 0.228. The van der Waals surface area contributed by atoms with Crippen LogP contribution in [-0.4, -0.2) is 20.4 Å². The molecule has 0 amide bonds. The number of hydrogen-bond donors (Lipinski definition) is 2. The molecule has 0 fully saturated rings. The maximum atomic E-state index is 13.3. The Hall–Kier alpha value is -2.92. The molecule has 0 aliphatic rings. The van der Waals surface area contributed by atoms with Crippen LogP contribution in [0.15, 0.2) is 59.5 Å². The van der Waals surface area contributed by atoms with E-state index in [1.807, 2.05) is 0 Å². The van der Waals surface area contributed by atoms with Crippen LogP contribution in [-0.2, 0) is 0 Å². The van der Waals surface area contributed by atoms with Crippen LogP contribution in [0.4, 0.5) is 24.7 Å². The number of hydrogen-bond acceptors (Lipinski definition) is 6. The van der Waals surface area contributed by atoms with Crippen molar-refractivity contribution in [3.63, 3.8) is 0 Å². The number of nitrogen functional groups attached to an aromatic ring is 1. The average molecular weight is 524 g/mol. The molecule has 4 rings (SSSR count). The van der Waals surface area contributed by atoms with Crippen LogP contribution in [0.1, 0.15) is 18.6 Å². The highest BCUT2D eigenvalue weighted by Gasteiger charge is 2.17. The van der Waals surface area contributed by atoms with E-state index in [9.17, 15) is 13.2 Å². The molecule has 0 saturated heterocycles. The molecule has 0 aliphatic heterocycles. The molecular weight excluding hydrogens is 507 g/mol. The van der Waals surface area contributed by atoms with Gasteiger partial charge in [0.15, 0.2) is 0 Å². The first-order chi connectivity index (χ1) is 15.3. The summed E-state index contributed by atoms with van der Waals surface area (Å²) in [5, 5.41) is 4.34. The molecule has 0 bridgehead atoms. The lowest BCUT2D eigenvalue weighted by Crippen LogP contribution is -2.05. The SMILES string of the molecule is CC(Oc1cc(-c2cnn3c(Br)cnc(N)c23)ccc1NSC(F)F)c1ccc(F)cc1. The van der Waals surface area contributed by atoms with E-state index in [1.165, 1.54) is 12.1 Å². The van der Waals surface area contributed by atoms with Crippen molar-refractivity contribution in [1.82, 2.24) is 14.6 Å². The smallest absolute Gasteiger partial charge is 0.302 e. The second kappa shape index (κ2) is 9.29. The maximum Gasteiger partial charge on any atom is 0.302 e. The van der Waals surface area contributed by atoms with E-state index in [-0.39, 0.29) is 17.8 Å². The van der Waals surface area contributed by atoms with Gasteiger partial charge in [0.1, 0.15) is 33.6 Å². The Bertz CT molecular complexity index is 1250. The zero-order chi connectivity index (χ0) is 22.8. The molecule has 166 valence electrons. The van der Waals surface area contributed by atoms with Gasteiger partial charge in [0.2, 0.25) is 0 Å². The van der Waals surface area contributed by atoms with E-state index in [2.05, 4.69) is 30.7 Å². The first kappa shape index (κ1) is 22.3. The zero-order valence-electron chi connectivity index (χ0n) is 16.6. The first-order valence-electron chi connectivity index (χ1n) is 9.37. The molecule has 0 spiro atoms. The lowest BCUT2D eigenvalue weighted by atomic mass is 10.1. The number of benzene rings is 2. The van der Waals surface area contributed by atoms with Gasteiger partial charge in [0.25, 0.3) is 0 Å². The van der Waals surface area contributed by atoms with Crippen LogP contribution in [0, 0.1) is 5.82 Å². The number of nitrogens with zero attached hydrogens (tertiary/aromatic N) is 3. The average Bonchev–Trinajstić information content (AvgIpc) is 3.22. The Morgan fingerprint density at radius 1 is 1.16 bits per heavy atom. The van der Waals surface area contributed by atoms with E-state index < -0.39 is 11.9 Å². The number of halogens is 4. The van der Waals surface area contributed by atoms with Crippen LogP contribution in [0.5, 0.6) is 5.75 Å². The third-order valence-corrected chi connectivity index (χ3v) is 5.77. The molecule has 2 heterocycles. The van der Waals surface area contributed by atoms with Crippen molar-refractivity contribution in [2.45, 2.75) is 18.8 Å². The molecule has 4 aromatic rings. The first-order valence-corrected chi connectivity index (χ1v) is 11.0. The topological polar surface area (TPSA) is 77.5 Å². The predicted molar refractivity (Wildman–Crippen MR) is 123 cm³/mol. The minimum atomic E-state index is -2.61. The summed E-state index contributed by atoms with van der Waals surface area (Å²) in [7, 11) is 0. The molecule has 3 N–H and O–H groups in total. The van der Waals surface area contributed by atoms with Crippen molar-refractivity contribution in [3.05, 3.63) is 70.8 Å². The van der Waals surface area contributed by atoms with Crippen LogP contribution in [0.3, 0.4) is 0 Å². The van der Waals surface area contributed by atoms with Crippen molar-refractivity contribution in [2.75, 3.05) is 10.5 Å². The van der Waals surface area contributed by atoms with E-state index in [0.29, 0.717) is 38.5 Å². The Morgan fingerprint density at radius 2 is 1.91 bits per heavy atom. The fourth-order valence-corrected chi connectivity index (χ4v) is 3.93. The van der Waals surface area contributed by atoms with Gasteiger partial charge in [-0.25, -0.2) is 13.9 Å². The third kappa shape index (κ3) is 4.63. The van der Waals surface area contributed by atoms with Crippen molar-refractivity contribution < 1.29 is 17.9 Å². The van der Waals surface area contributed by atoms with Gasteiger partial charge in [-0.15, -0.1) is 0 Å². The number of nitrogens with one attached hydrogen (secondary N) is 1. The number of fused-ring (bicyclic) bond motifs is 1. The van der Waals surface area contributed by atoms with Crippen molar-refractivity contribution in [1.29, 1.82) is 0 Å². The highest BCUT2D eigenvalue weighted by Crippen LogP contribution is 2.38. The van der Waals surface area contributed by atoms with Gasteiger partial charge in [-0.1, -0.05) is 18.2 Å². The second-order valence-corrected chi connectivity index (χ2v) is 8.40. The molecule has 1 atom stereocenters. The Balaban J connectivity index is 1.74. The zero-order valence-corrected chi connectivity index (χ0v) is 19.0. The fourth-order valence-electron chi connectivity index (χ4n) is 3.18. The number of anilines is 2. The van der Waals surface area contributed by atoms with Crippen LogP contribution < -0.4 is 15.2 Å². The Morgan fingerprint density at radius 3 is 2.62 bits per heavy atom. The highest BCUT2D eigenvalue weighted by atomic mass is 79.9. The molecule has 32 heavy (non-hydrogen) atoms. The fraction of sp³-hybridized carbons (Fsp3) is 0.143. The summed E-state index contributed by atoms with van der Waals surface area (Å²) < 4.78 is 49.7. The number of nitrogens with two attached hydrogens (primary N) is 1. The van der Waals surface area contributed by atoms with Gasteiger partial charge in [0, 0.05) is 17.5 Å². The molecule has 0 aliphatic carbocycles. The number of alkyl halides is 2. The number of aromatic nitrogens is 3. The van der Waals surface area contributed by atoms with Crippen LogP contribution in [0.25, 0.3) is 16.6 Å². The molecule has 0 saturated carbocycles. The summed E-state index contributed by atoms with van der Waals surface area (Å²) in [5.41, 5.74) is 9.18. The standard InChI is InChI=1S/C21H17BrF3N5OS/c1-11(12-2-5-14(23)6-3-12)31-17-8-13(4-7-16(17)29-32-21(24)25)15-9-28-30-18(22)10-27-20(26)19(15)30/h2-11,21,29H,1H3,(H2,26,27). The second-order valence-electron chi connectivity index (χ2n) is 6.79. The summed E-state index contributed by atoms with van der Waals surface area (Å²) in [5.74, 6) is -2.34. The molecule has 0 radical (unpaired) electrons. The van der Waals surface area contributed by atoms with Gasteiger partial charge < -0.3 is 15.2 Å². The largest absolute Gasteiger partial charge is 0.484 e. The van der Waals surface area contributed by atoms with E-state index >= 15 is 0 Å². The summed E-state index contributed by atoms with van der Waals surface area (Å²) in [4.78, 5) is 4.16. The molecule has 2 aromatic carbocycles. The van der Waals surface area contributed by atoms with Gasteiger partial charge in [0.05, 0.1) is 18.1 Å². The van der Waals surface area contributed by atoms with E-state index in [0.717, 1.165) is 5.56 Å². The molecular formula is C21H17BrF3N5OS. The van der Waals surface area contributed by atoms with E-state index in [4.69, 9.17) is 10.5 Å². The molecule has 11 heteroatoms. The van der Waals surface area contributed by atoms with E-state index in [1.54, 1.807) is 54.2 Å². The minimum Gasteiger partial charge on any atom is -0.484 e. The summed E-state index contributed by atoms with van der Waals surface area (Å²) in [6.45, 7) is 1.79. The highest BCUT2D eigenvalue weighted by molar-refractivity contribution is 9.10. The van der Waals surface area contributed by atoms with Gasteiger partial charge >= 0.3 is 5.76 Å². The molecule has 6 nitrogen and oxygen atoms in total. The third-order valence-electron chi connectivity index (χ3n) is 4.72. The van der Waals surface area contributed by atoms with Gasteiger partial charge in [-0.05, 0) is 58.2 Å².